The maximum Gasteiger partial charge on any atom is 0.306 e. The fourth-order valence-corrected chi connectivity index (χ4v) is 4.75. The first-order chi connectivity index (χ1) is 20.1. The van der Waals surface area contributed by atoms with Gasteiger partial charge >= 0.3 is 11.9 Å². The van der Waals surface area contributed by atoms with Gasteiger partial charge in [0.2, 0.25) is 0 Å². The number of allylic oxidation sites excluding steroid dienone is 8. The Balaban J connectivity index is 3.82. The van der Waals surface area contributed by atoms with Gasteiger partial charge in [0, 0.05) is 12.8 Å². The summed E-state index contributed by atoms with van der Waals surface area (Å²) in [5.74, 6) is -0.722. The first kappa shape index (κ1) is 38.9. The van der Waals surface area contributed by atoms with Crippen molar-refractivity contribution in [3.05, 3.63) is 48.6 Å². The molecule has 0 bridgehead atoms. The summed E-state index contributed by atoms with van der Waals surface area (Å²) in [6, 6.07) is 0. The molecule has 41 heavy (non-hydrogen) atoms. The Labute approximate surface area is 253 Å². The van der Waals surface area contributed by atoms with Crippen LogP contribution in [0.4, 0.5) is 0 Å². The number of carboxylic acids is 1. The van der Waals surface area contributed by atoms with E-state index in [0.717, 1.165) is 83.5 Å². The zero-order valence-corrected chi connectivity index (χ0v) is 26.8. The van der Waals surface area contributed by atoms with Crippen LogP contribution in [0.1, 0.15) is 168 Å². The molecule has 1 N–H and O–H groups in total. The third-order valence-electron chi connectivity index (χ3n) is 7.30. The molecule has 1 atom stereocenters. The summed E-state index contributed by atoms with van der Waals surface area (Å²) >= 11 is 0. The van der Waals surface area contributed by atoms with Crippen molar-refractivity contribution in [3.8, 4) is 0 Å². The Kier molecular flexibility index (Phi) is 30.8. The van der Waals surface area contributed by atoms with Gasteiger partial charge in [-0.25, -0.2) is 0 Å². The minimum atomic E-state index is -0.685. The number of hydrogen-bond acceptors (Lipinski definition) is 3. The molecule has 236 valence electrons. The van der Waals surface area contributed by atoms with Gasteiger partial charge < -0.3 is 9.84 Å². The highest BCUT2D eigenvalue weighted by Crippen LogP contribution is 2.17. The summed E-state index contributed by atoms with van der Waals surface area (Å²) < 4.78 is 5.85. The van der Waals surface area contributed by atoms with Crippen LogP contribution >= 0.6 is 0 Å². The van der Waals surface area contributed by atoms with E-state index in [1.165, 1.54) is 57.8 Å². The lowest BCUT2D eigenvalue weighted by Crippen LogP contribution is -2.18. The highest BCUT2D eigenvalue weighted by molar-refractivity contribution is 5.69. The van der Waals surface area contributed by atoms with Gasteiger partial charge in [0.1, 0.15) is 6.10 Å². The summed E-state index contributed by atoms with van der Waals surface area (Å²) in [7, 11) is 0. The van der Waals surface area contributed by atoms with Gasteiger partial charge in [-0.1, -0.05) is 133 Å². The van der Waals surface area contributed by atoms with Crippen molar-refractivity contribution in [2.75, 3.05) is 0 Å². The van der Waals surface area contributed by atoms with Gasteiger partial charge in [-0.3, -0.25) is 9.59 Å². The fraction of sp³-hybridized carbons (Fsp3) is 0.730. The lowest BCUT2D eigenvalue weighted by molar-refractivity contribution is -0.150. The number of hydrogen-bond donors (Lipinski definition) is 1. The quantitative estimate of drug-likeness (QED) is 0.0528. The van der Waals surface area contributed by atoms with Crippen LogP contribution in [0.3, 0.4) is 0 Å². The average Bonchev–Trinajstić information content (AvgIpc) is 2.95. The molecule has 0 aliphatic carbocycles. The maximum absolute atomic E-state index is 12.4. The number of unbranched alkanes of at least 4 members (excludes halogenated alkanes) is 13. The Hall–Kier alpha value is -2.10. The minimum absolute atomic E-state index is 0.0371. The van der Waals surface area contributed by atoms with Gasteiger partial charge in [-0.05, 0) is 70.6 Å². The van der Waals surface area contributed by atoms with Gasteiger partial charge in [0.05, 0.1) is 0 Å². The number of ether oxygens (including phenoxy) is 1. The normalized spacial score (nSPS) is 12.8. The van der Waals surface area contributed by atoms with Crippen molar-refractivity contribution >= 4 is 11.9 Å². The second kappa shape index (κ2) is 32.4. The first-order valence-electron chi connectivity index (χ1n) is 17.1. The van der Waals surface area contributed by atoms with Gasteiger partial charge in [0.15, 0.2) is 0 Å². The number of esters is 1. The second-order valence-electron chi connectivity index (χ2n) is 11.3. The molecule has 0 spiro atoms. The van der Waals surface area contributed by atoms with Gasteiger partial charge in [-0.15, -0.1) is 0 Å². The van der Waals surface area contributed by atoms with E-state index in [2.05, 4.69) is 62.5 Å². The van der Waals surface area contributed by atoms with Crippen molar-refractivity contribution in [3.63, 3.8) is 0 Å². The first-order valence-corrected chi connectivity index (χ1v) is 17.1. The van der Waals surface area contributed by atoms with Crippen LogP contribution in [0.25, 0.3) is 0 Å². The van der Waals surface area contributed by atoms with Crippen molar-refractivity contribution in [2.24, 2.45) is 0 Å². The van der Waals surface area contributed by atoms with E-state index in [4.69, 9.17) is 9.84 Å². The molecule has 0 rings (SSSR count). The van der Waals surface area contributed by atoms with Crippen molar-refractivity contribution in [1.82, 2.24) is 0 Å². The highest BCUT2D eigenvalue weighted by atomic mass is 16.5. The van der Waals surface area contributed by atoms with Gasteiger partial charge in [-0.2, -0.15) is 0 Å². The zero-order chi connectivity index (χ0) is 30.1. The summed E-state index contributed by atoms with van der Waals surface area (Å²) in [6.07, 6.45) is 43.0. The molecule has 0 aliphatic heterocycles. The molecular formula is C37H64O4. The molecule has 0 fully saturated rings. The smallest absolute Gasteiger partial charge is 0.306 e. The fourth-order valence-electron chi connectivity index (χ4n) is 4.75. The van der Waals surface area contributed by atoms with Crippen LogP contribution in [0.5, 0.6) is 0 Å². The molecule has 0 aromatic carbocycles. The molecule has 0 aromatic heterocycles. The van der Waals surface area contributed by atoms with E-state index in [0.29, 0.717) is 12.8 Å². The van der Waals surface area contributed by atoms with Crippen molar-refractivity contribution in [1.29, 1.82) is 0 Å². The van der Waals surface area contributed by atoms with E-state index in [9.17, 15) is 9.59 Å². The molecule has 0 aliphatic rings. The number of carbonyl (C=O) groups is 2. The number of aliphatic carboxylic acids is 1. The Morgan fingerprint density at radius 1 is 0.537 bits per heavy atom. The standard InChI is InChI=1S/C37H64O4/c1-3-5-7-8-9-10-11-12-13-14-15-16-17-21-24-27-30-34-37(40)41-35(31-6-4-2)32-28-25-22-19-18-20-23-26-29-33-36(38)39/h9-10,12-13,15-16,21,24,35H,3-8,11,14,17-20,22-23,25-34H2,1-2H3,(H,38,39)/b10-9-,13-12-,16-15-,24-21-. The third kappa shape index (κ3) is 32.3. The number of carboxylic acid groups (broad SMARTS) is 1. The summed E-state index contributed by atoms with van der Waals surface area (Å²) in [6.45, 7) is 4.43. The average molecular weight is 573 g/mol. The van der Waals surface area contributed by atoms with E-state index in [1.807, 2.05) is 0 Å². The van der Waals surface area contributed by atoms with E-state index in [1.54, 1.807) is 0 Å². The Morgan fingerprint density at radius 2 is 1.00 bits per heavy atom. The summed E-state index contributed by atoms with van der Waals surface area (Å²) in [5, 5.41) is 8.67. The zero-order valence-electron chi connectivity index (χ0n) is 26.8. The van der Waals surface area contributed by atoms with Crippen LogP contribution in [-0.4, -0.2) is 23.1 Å². The minimum Gasteiger partial charge on any atom is -0.481 e. The van der Waals surface area contributed by atoms with Crippen molar-refractivity contribution in [2.45, 2.75) is 174 Å². The number of carbonyl (C=O) groups excluding carboxylic acids is 1. The number of rotatable bonds is 30. The van der Waals surface area contributed by atoms with Crippen LogP contribution in [0.2, 0.25) is 0 Å². The Bertz CT molecular complexity index is 704. The van der Waals surface area contributed by atoms with Crippen LogP contribution in [-0.2, 0) is 14.3 Å². The van der Waals surface area contributed by atoms with Crippen LogP contribution in [0.15, 0.2) is 48.6 Å². The predicted molar refractivity (Wildman–Crippen MR) is 176 cm³/mol. The lowest BCUT2D eigenvalue weighted by Gasteiger charge is -2.17. The molecule has 0 radical (unpaired) electrons. The lowest BCUT2D eigenvalue weighted by atomic mass is 10.0. The maximum atomic E-state index is 12.4. The molecule has 1 unspecified atom stereocenters. The van der Waals surface area contributed by atoms with E-state index < -0.39 is 5.97 Å². The predicted octanol–water partition coefficient (Wildman–Crippen LogP) is 11.6. The molecular weight excluding hydrogens is 508 g/mol. The molecule has 0 heterocycles. The highest BCUT2D eigenvalue weighted by Gasteiger charge is 2.13. The Morgan fingerprint density at radius 3 is 1.54 bits per heavy atom. The van der Waals surface area contributed by atoms with Crippen molar-refractivity contribution < 1.29 is 19.4 Å². The molecule has 4 nitrogen and oxygen atoms in total. The molecule has 0 amide bonds. The monoisotopic (exact) mass is 572 g/mol. The summed E-state index contributed by atoms with van der Waals surface area (Å²) in [5.41, 5.74) is 0. The largest absolute Gasteiger partial charge is 0.481 e. The molecule has 0 saturated carbocycles. The van der Waals surface area contributed by atoms with E-state index in [-0.39, 0.29) is 12.1 Å². The topological polar surface area (TPSA) is 63.6 Å². The second-order valence-corrected chi connectivity index (χ2v) is 11.3. The van der Waals surface area contributed by atoms with Crippen LogP contribution < -0.4 is 0 Å². The van der Waals surface area contributed by atoms with E-state index >= 15 is 0 Å². The SMILES string of the molecule is CCCCC/C=C\C/C=C\C/C=C\C/C=C\CCCC(=O)OC(CCCC)CCCCCCCCCCCC(=O)O. The third-order valence-corrected chi connectivity index (χ3v) is 7.30. The molecule has 0 saturated heterocycles. The van der Waals surface area contributed by atoms with Crippen LogP contribution in [0, 0.1) is 0 Å². The molecule has 0 aromatic rings. The molecule has 4 heteroatoms. The van der Waals surface area contributed by atoms with Gasteiger partial charge in [0.25, 0.3) is 0 Å². The summed E-state index contributed by atoms with van der Waals surface area (Å²) in [4.78, 5) is 22.9.